The van der Waals surface area contributed by atoms with E-state index in [0.29, 0.717) is 46.3 Å². The van der Waals surface area contributed by atoms with Gasteiger partial charge in [-0.1, -0.05) is 11.6 Å². The number of aromatic nitrogens is 6. The van der Waals surface area contributed by atoms with Crippen molar-refractivity contribution in [2.45, 2.75) is 25.8 Å². The number of carbonyl (C=O) groups is 1. The van der Waals surface area contributed by atoms with E-state index in [4.69, 9.17) is 21.3 Å². The monoisotopic (exact) mass is 516 g/mol. The largest absolute Gasteiger partial charge is 0.456 e. The summed E-state index contributed by atoms with van der Waals surface area (Å²) in [4.78, 5) is 30.7. The molecule has 1 saturated heterocycles. The van der Waals surface area contributed by atoms with Crippen molar-refractivity contribution in [3.8, 4) is 22.8 Å². The van der Waals surface area contributed by atoms with Crippen LogP contribution in [-0.4, -0.2) is 60.8 Å². The molecule has 1 aliphatic rings. The second kappa shape index (κ2) is 9.36. The van der Waals surface area contributed by atoms with Crippen LogP contribution in [0.15, 0.2) is 48.9 Å². The number of H-pyrrole nitrogens is 1. The lowest BCUT2D eigenvalue weighted by molar-refractivity contribution is 0.170. The van der Waals surface area contributed by atoms with Crippen molar-refractivity contribution in [1.29, 1.82) is 0 Å². The van der Waals surface area contributed by atoms with Gasteiger partial charge in [0.15, 0.2) is 0 Å². The van der Waals surface area contributed by atoms with Crippen molar-refractivity contribution in [2.75, 3.05) is 20.1 Å². The van der Waals surface area contributed by atoms with Crippen LogP contribution in [0.4, 0.5) is 4.79 Å². The summed E-state index contributed by atoms with van der Waals surface area (Å²) in [6.45, 7) is 3.30. The van der Waals surface area contributed by atoms with Gasteiger partial charge in [-0.3, -0.25) is 9.67 Å². The number of urea groups is 1. The number of likely N-dealkylation sites (tertiary alicyclic amines) is 1. The molecule has 0 atom stereocenters. The number of hydrogen-bond acceptors (Lipinski definition) is 6. The zero-order chi connectivity index (χ0) is 25.5. The van der Waals surface area contributed by atoms with E-state index in [1.54, 1.807) is 25.5 Å². The molecule has 2 amide bonds. The highest BCUT2D eigenvalue weighted by molar-refractivity contribution is 6.36. The van der Waals surface area contributed by atoms with Crippen LogP contribution in [0.1, 0.15) is 24.7 Å². The van der Waals surface area contributed by atoms with E-state index >= 15 is 0 Å². The Hall–Kier alpha value is -4.18. The van der Waals surface area contributed by atoms with E-state index in [2.05, 4.69) is 25.4 Å². The quantitative estimate of drug-likeness (QED) is 0.343. The molecule has 2 N–H and O–H groups in total. The van der Waals surface area contributed by atoms with Crippen LogP contribution >= 0.6 is 11.6 Å². The smallest absolute Gasteiger partial charge is 0.317 e. The second-order valence-electron chi connectivity index (χ2n) is 9.09. The lowest BCUT2D eigenvalue weighted by Gasteiger charge is -2.31. The first-order valence-corrected chi connectivity index (χ1v) is 12.5. The molecular weight excluding hydrogens is 492 g/mol. The molecule has 0 radical (unpaired) electrons. The molecule has 0 unspecified atom stereocenters. The van der Waals surface area contributed by atoms with E-state index in [9.17, 15) is 4.79 Å². The molecule has 6 rings (SSSR count). The molecule has 188 valence electrons. The molecule has 4 heterocycles. The van der Waals surface area contributed by atoms with Gasteiger partial charge in [0.1, 0.15) is 27.9 Å². The number of aromatic amines is 1. The number of amides is 2. The maximum atomic E-state index is 11.9. The van der Waals surface area contributed by atoms with Crippen molar-refractivity contribution in [2.24, 2.45) is 0 Å². The Morgan fingerprint density at radius 1 is 1.14 bits per heavy atom. The average molecular weight is 517 g/mol. The summed E-state index contributed by atoms with van der Waals surface area (Å²) in [6, 6.07) is 9.48. The predicted octanol–water partition coefficient (Wildman–Crippen LogP) is 5.10. The predicted molar refractivity (Wildman–Crippen MR) is 141 cm³/mol. The van der Waals surface area contributed by atoms with Crippen LogP contribution < -0.4 is 10.1 Å². The number of carbonyl (C=O) groups excluding carboxylic acids is 1. The maximum Gasteiger partial charge on any atom is 0.317 e. The van der Waals surface area contributed by atoms with E-state index in [1.165, 1.54) is 0 Å². The Morgan fingerprint density at radius 2 is 1.95 bits per heavy atom. The minimum atomic E-state index is -0.0387. The number of imidazole rings is 1. The summed E-state index contributed by atoms with van der Waals surface area (Å²) < 4.78 is 8.06. The number of rotatable bonds is 4. The summed E-state index contributed by atoms with van der Waals surface area (Å²) in [5, 5.41) is 7.65. The third-order valence-corrected chi connectivity index (χ3v) is 7.02. The number of nitrogens with zero attached hydrogens (tertiary/aromatic N) is 6. The van der Waals surface area contributed by atoms with Gasteiger partial charge in [0, 0.05) is 38.0 Å². The molecule has 3 aromatic heterocycles. The number of hydrogen-bond donors (Lipinski definition) is 2. The Balaban J connectivity index is 1.24. The van der Waals surface area contributed by atoms with Crippen molar-refractivity contribution in [1.82, 2.24) is 39.9 Å². The van der Waals surface area contributed by atoms with E-state index in [-0.39, 0.29) is 12.1 Å². The molecule has 0 saturated carbocycles. The molecule has 2 aromatic carbocycles. The third-order valence-electron chi connectivity index (χ3n) is 6.65. The standard InChI is InChI=1S/C26H25ClN8O2/c1-15-31-19-4-3-18(11-21(19)32-15)37-23-6-5-20-25(24(23)27)33-22(13-29-20)16-12-30-35(14-16)17-7-9-34(10-8-17)26(36)28-2/h3-6,11-14,17H,7-10H2,1-2H3,(H,28,36)(H,31,32). The van der Waals surface area contributed by atoms with Crippen LogP contribution in [0.5, 0.6) is 11.5 Å². The Bertz CT molecular complexity index is 1620. The minimum Gasteiger partial charge on any atom is -0.456 e. The number of fused-ring (bicyclic) bond motifs is 2. The van der Waals surface area contributed by atoms with E-state index in [0.717, 1.165) is 35.3 Å². The van der Waals surface area contributed by atoms with Gasteiger partial charge >= 0.3 is 6.03 Å². The summed E-state index contributed by atoms with van der Waals surface area (Å²) >= 11 is 6.75. The minimum absolute atomic E-state index is 0.0387. The highest BCUT2D eigenvalue weighted by Gasteiger charge is 2.24. The number of halogens is 1. The van der Waals surface area contributed by atoms with Crippen LogP contribution in [0.3, 0.4) is 0 Å². The molecule has 0 spiro atoms. The van der Waals surface area contributed by atoms with Gasteiger partial charge in [0.25, 0.3) is 0 Å². The van der Waals surface area contributed by atoms with Gasteiger partial charge in [-0.2, -0.15) is 5.10 Å². The summed E-state index contributed by atoms with van der Waals surface area (Å²) in [5.41, 5.74) is 4.53. The first kappa shape index (κ1) is 23.2. The molecule has 1 aliphatic heterocycles. The van der Waals surface area contributed by atoms with E-state index in [1.807, 2.05) is 47.0 Å². The van der Waals surface area contributed by atoms with Gasteiger partial charge in [0.2, 0.25) is 0 Å². The van der Waals surface area contributed by atoms with Gasteiger partial charge < -0.3 is 19.9 Å². The van der Waals surface area contributed by atoms with Crippen molar-refractivity contribution in [3.63, 3.8) is 0 Å². The van der Waals surface area contributed by atoms with Crippen LogP contribution in [0.25, 0.3) is 33.3 Å². The highest BCUT2D eigenvalue weighted by Crippen LogP contribution is 2.36. The number of nitrogens with one attached hydrogen (secondary N) is 2. The Labute approximate surface area is 217 Å². The fourth-order valence-electron chi connectivity index (χ4n) is 4.71. The zero-order valence-corrected chi connectivity index (χ0v) is 21.2. The molecular formula is C26H25ClN8O2. The van der Waals surface area contributed by atoms with Crippen molar-refractivity contribution >= 4 is 39.7 Å². The molecule has 1 fully saturated rings. The van der Waals surface area contributed by atoms with Crippen LogP contribution in [0.2, 0.25) is 5.02 Å². The van der Waals surface area contributed by atoms with Gasteiger partial charge in [-0.25, -0.2) is 14.8 Å². The topological polar surface area (TPSA) is 114 Å². The maximum absolute atomic E-state index is 11.9. The lowest BCUT2D eigenvalue weighted by Crippen LogP contribution is -2.43. The molecule has 10 nitrogen and oxygen atoms in total. The van der Waals surface area contributed by atoms with Gasteiger partial charge in [-0.05, 0) is 44.0 Å². The number of ether oxygens (including phenoxy) is 1. The molecule has 11 heteroatoms. The first-order chi connectivity index (χ1) is 18.0. The third kappa shape index (κ3) is 4.44. The molecule has 0 bridgehead atoms. The first-order valence-electron chi connectivity index (χ1n) is 12.1. The summed E-state index contributed by atoms with van der Waals surface area (Å²) in [6.07, 6.45) is 7.18. The van der Waals surface area contributed by atoms with Crippen molar-refractivity contribution in [3.05, 3.63) is 59.8 Å². The summed E-state index contributed by atoms with van der Waals surface area (Å²) in [5.74, 6) is 1.98. The van der Waals surface area contributed by atoms with Gasteiger partial charge in [0.05, 0.1) is 40.7 Å². The summed E-state index contributed by atoms with van der Waals surface area (Å²) in [7, 11) is 1.65. The Morgan fingerprint density at radius 3 is 2.76 bits per heavy atom. The fourth-order valence-corrected chi connectivity index (χ4v) is 4.95. The van der Waals surface area contributed by atoms with Crippen molar-refractivity contribution < 1.29 is 9.53 Å². The fraction of sp³-hybridized carbons (Fsp3) is 0.269. The zero-order valence-electron chi connectivity index (χ0n) is 20.4. The SMILES string of the molecule is CNC(=O)N1CCC(n2cc(-c3cnc4ccc(Oc5ccc6nc(C)[nH]c6c5)c(Cl)c4n3)cn2)CC1. The second-order valence-corrected chi connectivity index (χ2v) is 9.46. The van der Waals surface area contributed by atoms with Crippen LogP contribution in [-0.2, 0) is 0 Å². The Kier molecular flexibility index (Phi) is 5.88. The molecule has 37 heavy (non-hydrogen) atoms. The van der Waals surface area contributed by atoms with Crippen LogP contribution in [0, 0.1) is 6.92 Å². The normalized spacial score (nSPS) is 14.4. The van der Waals surface area contributed by atoms with E-state index < -0.39 is 0 Å². The number of aryl methyl sites for hydroxylation is 1. The highest BCUT2D eigenvalue weighted by atomic mass is 35.5. The lowest BCUT2D eigenvalue weighted by atomic mass is 10.1. The number of benzene rings is 2. The average Bonchev–Trinajstić information content (AvgIpc) is 3.56. The number of piperidine rings is 1. The van der Waals surface area contributed by atoms with Gasteiger partial charge in [-0.15, -0.1) is 0 Å². The molecule has 0 aliphatic carbocycles. The molecule has 5 aromatic rings.